The van der Waals surface area contributed by atoms with Crippen LogP contribution in [0.5, 0.6) is 11.5 Å². The van der Waals surface area contributed by atoms with Crippen LogP contribution in [0.3, 0.4) is 0 Å². The van der Waals surface area contributed by atoms with Crippen molar-refractivity contribution in [3.63, 3.8) is 0 Å². The molecule has 1 amide bonds. The van der Waals surface area contributed by atoms with Gasteiger partial charge >= 0.3 is 0 Å². The van der Waals surface area contributed by atoms with Crippen LogP contribution in [0.25, 0.3) is 0 Å². The number of hydrogen-bond acceptors (Lipinski definition) is 6. The highest BCUT2D eigenvalue weighted by atomic mass is 16.6. The quantitative estimate of drug-likeness (QED) is 0.467. The van der Waals surface area contributed by atoms with Gasteiger partial charge in [0.25, 0.3) is 5.69 Å². The zero-order chi connectivity index (χ0) is 19.7. The van der Waals surface area contributed by atoms with Gasteiger partial charge in [0.1, 0.15) is 13.2 Å². The summed E-state index contributed by atoms with van der Waals surface area (Å²) in [6.45, 7) is 0.814. The van der Waals surface area contributed by atoms with Gasteiger partial charge in [0.05, 0.1) is 17.0 Å². The first-order valence-corrected chi connectivity index (χ1v) is 9.02. The van der Waals surface area contributed by atoms with Gasteiger partial charge in [-0.15, -0.1) is 0 Å². The molecule has 8 heteroatoms. The normalized spacial score (nSPS) is 15.0. The summed E-state index contributed by atoms with van der Waals surface area (Å²) in [5.74, 6) is 0.652. The molecule has 1 saturated carbocycles. The van der Waals surface area contributed by atoms with E-state index >= 15 is 0 Å². The summed E-state index contributed by atoms with van der Waals surface area (Å²) in [6.07, 6.45) is 1.73. The molecule has 2 aliphatic rings. The number of anilines is 1. The fourth-order valence-corrected chi connectivity index (χ4v) is 3.08. The van der Waals surface area contributed by atoms with E-state index in [9.17, 15) is 19.7 Å². The van der Waals surface area contributed by atoms with Crippen LogP contribution in [0.2, 0.25) is 0 Å². The van der Waals surface area contributed by atoms with E-state index in [1.54, 1.807) is 12.1 Å². The van der Waals surface area contributed by atoms with E-state index < -0.39 is 4.92 Å². The number of fused-ring (bicyclic) bond motifs is 1. The van der Waals surface area contributed by atoms with E-state index in [1.807, 2.05) is 0 Å². The zero-order valence-corrected chi connectivity index (χ0v) is 15.0. The van der Waals surface area contributed by atoms with E-state index in [2.05, 4.69) is 5.32 Å². The summed E-state index contributed by atoms with van der Waals surface area (Å²) >= 11 is 0. The molecule has 8 nitrogen and oxygen atoms in total. The molecule has 2 aromatic carbocycles. The van der Waals surface area contributed by atoms with Gasteiger partial charge < -0.3 is 14.8 Å². The molecule has 4 rings (SSSR count). The Morgan fingerprint density at radius 2 is 1.71 bits per heavy atom. The van der Waals surface area contributed by atoms with Crippen molar-refractivity contribution >= 4 is 23.1 Å². The van der Waals surface area contributed by atoms with Crippen molar-refractivity contribution in [1.29, 1.82) is 0 Å². The number of hydrogen-bond donors (Lipinski definition) is 1. The monoisotopic (exact) mass is 382 g/mol. The SMILES string of the molecule is O=C(Cc1ccc([N+](=O)[O-])cc1)Nc1cc2c(cc1C(=O)C1CC1)OCCO2. The number of non-ortho nitro benzene ring substituents is 1. The van der Waals surface area contributed by atoms with Gasteiger partial charge in [-0.3, -0.25) is 19.7 Å². The molecule has 1 N–H and O–H groups in total. The zero-order valence-electron chi connectivity index (χ0n) is 15.0. The van der Waals surface area contributed by atoms with E-state index in [4.69, 9.17) is 9.47 Å². The van der Waals surface area contributed by atoms with Crippen molar-refractivity contribution in [1.82, 2.24) is 0 Å². The number of ether oxygens (including phenoxy) is 2. The van der Waals surface area contributed by atoms with Gasteiger partial charge in [-0.1, -0.05) is 12.1 Å². The molecule has 28 heavy (non-hydrogen) atoms. The van der Waals surface area contributed by atoms with Crippen molar-refractivity contribution in [3.05, 3.63) is 57.6 Å². The number of benzene rings is 2. The van der Waals surface area contributed by atoms with Crippen molar-refractivity contribution in [2.75, 3.05) is 18.5 Å². The Morgan fingerprint density at radius 1 is 1.07 bits per heavy atom. The lowest BCUT2D eigenvalue weighted by Gasteiger charge is -2.21. The Balaban J connectivity index is 1.54. The highest BCUT2D eigenvalue weighted by Gasteiger charge is 2.33. The number of nitrogens with zero attached hydrogens (tertiary/aromatic N) is 1. The molecule has 1 aliphatic carbocycles. The second-order valence-electron chi connectivity index (χ2n) is 6.83. The third-order valence-electron chi connectivity index (χ3n) is 4.68. The molecule has 1 fully saturated rings. The highest BCUT2D eigenvalue weighted by molar-refractivity contribution is 6.07. The van der Waals surface area contributed by atoms with E-state index in [1.165, 1.54) is 24.3 Å². The fraction of sp³-hybridized carbons (Fsp3) is 0.300. The lowest BCUT2D eigenvalue weighted by Crippen LogP contribution is -2.20. The number of ketones is 1. The average Bonchev–Trinajstić information content (AvgIpc) is 3.52. The first-order chi connectivity index (χ1) is 13.5. The van der Waals surface area contributed by atoms with Crippen LogP contribution >= 0.6 is 0 Å². The number of carbonyl (C=O) groups is 2. The van der Waals surface area contributed by atoms with Gasteiger partial charge in [-0.05, 0) is 24.5 Å². The molecule has 2 aromatic rings. The molecular formula is C20H18N2O6. The van der Waals surface area contributed by atoms with Crippen LogP contribution in [0.15, 0.2) is 36.4 Å². The van der Waals surface area contributed by atoms with Gasteiger partial charge in [0.15, 0.2) is 17.3 Å². The number of carbonyl (C=O) groups excluding carboxylic acids is 2. The summed E-state index contributed by atoms with van der Waals surface area (Å²) in [5.41, 5.74) is 1.42. The largest absolute Gasteiger partial charge is 0.486 e. The Hall–Kier alpha value is -3.42. The summed E-state index contributed by atoms with van der Waals surface area (Å²) in [6, 6.07) is 9.05. The fourth-order valence-electron chi connectivity index (χ4n) is 3.08. The Labute approximate surface area is 160 Å². The van der Waals surface area contributed by atoms with Crippen LogP contribution in [0.1, 0.15) is 28.8 Å². The molecule has 0 unspecified atom stereocenters. The maximum absolute atomic E-state index is 12.6. The third kappa shape index (κ3) is 3.80. The molecule has 0 saturated heterocycles. The molecule has 144 valence electrons. The highest BCUT2D eigenvalue weighted by Crippen LogP contribution is 2.40. The smallest absolute Gasteiger partial charge is 0.269 e. The predicted molar refractivity (Wildman–Crippen MR) is 99.9 cm³/mol. The second kappa shape index (κ2) is 7.30. The molecule has 1 aliphatic heterocycles. The molecule has 0 bridgehead atoms. The summed E-state index contributed by atoms with van der Waals surface area (Å²) < 4.78 is 11.1. The molecule has 0 radical (unpaired) electrons. The minimum atomic E-state index is -0.491. The maximum atomic E-state index is 12.6. The standard InChI is InChI=1S/C20H18N2O6/c23-19(9-12-1-5-14(6-2-12)22(25)26)21-16-11-18-17(27-7-8-28-18)10-15(16)20(24)13-3-4-13/h1-2,5-6,10-11,13H,3-4,7-9H2,(H,21,23). The molecule has 0 spiro atoms. The third-order valence-corrected chi connectivity index (χ3v) is 4.68. The molecule has 1 heterocycles. The minimum absolute atomic E-state index is 0.00659. The van der Waals surface area contributed by atoms with Crippen molar-refractivity contribution in [2.24, 2.45) is 5.92 Å². The second-order valence-corrected chi connectivity index (χ2v) is 6.83. The summed E-state index contributed by atoms with van der Waals surface area (Å²) in [4.78, 5) is 35.4. The predicted octanol–water partition coefficient (Wildman–Crippen LogP) is 3.14. The van der Waals surface area contributed by atoms with Crippen molar-refractivity contribution in [2.45, 2.75) is 19.3 Å². The first kappa shape index (κ1) is 18.0. The number of nitro groups is 1. The summed E-state index contributed by atoms with van der Waals surface area (Å²) in [5, 5.41) is 13.5. The number of amides is 1. The van der Waals surface area contributed by atoms with Crippen LogP contribution in [-0.2, 0) is 11.2 Å². The van der Waals surface area contributed by atoms with E-state index in [-0.39, 0.29) is 29.7 Å². The topological polar surface area (TPSA) is 108 Å². The van der Waals surface area contributed by atoms with Gasteiger partial charge in [-0.25, -0.2) is 0 Å². The van der Waals surface area contributed by atoms with Gasteiger partial charge in [0.2, 0.25) is 5.91 Å². The average molecular weight is 382 g/mol. The Morgan fingerprint density at radius 3 is 2.32 bits per heavy atom. The number of Topliss-reactive ketones (excluding diaryl/α,β-unsaturated/α-hetero) is 1. The van der Waals surface area contributed by atoms with E-state index in [0.717, 1.165) is 12.8 Å². The maximum Gasteiger partial charge on any atom is 0.269 e. The first-order valence-electron chi connectivity index (χ1n) is 9.02. The molecule has 0 atom stereocenters. The van der Waals surface area contributed by atoms with E-state index in [0.29, 0.717) is 41.5 Å². The summed E-state index contributed by atoms with van der Waals surface area (Å²) in [7, 11) is 0. The van der Waals surface area contributed by atoms with Crippen molar-refractivity contribution < 1.29 is 24.0 Å². The lowest BCUT2D eigenvalue weighted by atomic mass is 10.0. The number of nitrogens with one attached hydrogen (secondary N) is 1. The molecular weight excluding hydrogens is 364 g/mol. The van der Waals surface area contributed by atoms with Crippen LogP contribution in [-0.4, -0.2) is 29.8 Å². The van der Waals surface area contributed by atoms with Crippen LogP contribution in [0, 0.1) is 16.0 Å². The van der Waals surface area contributed by atoms with Crippen LogP contribution < -0.4 is 14.8 Å². The number of rotatable bonds is 6. The van der Waals surface area contributed by atoms with Crippen LogP contribution in [0.4, 0.5) is 11.4 Å². The van der Waals surface area contributed by atoms with Gasteiger partial charge in [-0.2, -0.15) is 0 Å². The lowest BCUT2D eigenvalue weighted by molar-refractivity contribution is -0.384. The Bertz CT molecular complexity index is 950. The molecule has 0 aromatic heterocycles. The van der Waals surface area contributed by atoms with Crippen molar-refractivity contribution in [3.8, 4) is 11.5 Å². The van der Waals surface area contributed by atoms with Gasteiger partial charge in [0, 0.05) is 29.7 Å². The Kier molecular flexibility index (Phi) is 4.68. The number of nitro benzene ring substituents is 1. The minimum Gasteiger partial charge on any atom is -0.486 e.